The predicted octanol–water partition coefficient (Wildman–Crippen LogP) is 1.81. The summed E-state index contributed by atoms with van der Waals surface area (Å²) in [6.45, 7) is 0.482. The topological polar surface area (TPSA) is 61.2 Å². The zero-order valence-corrected chi connectivity index (χ0v) is 11.8. The summed E-state index contributed by atoms with van der Waals surface area (Å²) < 4.78 is 30.4. The summed E-state index contributed by atoms with van der Waals surface area (Å²) in [5, 5.41) is 4.35. The van der Waals surface area contributed by atoms with Crippen LogP contribution in [0.4, 0.5) is 0 Å². The Morgan fingerprint density at radius 1 is 1.32 bits per heavy atom. The zero-order valence-electron chi connectivity index (χ0n) is 11.0. The van der Waals surface area contributed by atoms with E-state index < -0.39 is 9.84 Å². The molecular formula is C13H20N2O3S. The molecule has 0 aromatic carbocycles. The van der Waals surface area contributed by atoms with Gasteiger partial charge in [-0.2, -0.15) is 5.10 Å². The van der Waals surface area contributed by atoms with E-state index in [0.717, 1.165) is 12.2 Å². The molecule has 1 unspecified atom stereocenters. The number of sulfone groups is 1. The van der Waals surface area contributed by atoms with Crippen LogP contribution < -0.4 is 4.74 Å². The van der Waals surface area contributed by atoms with Crippen LogP contribution in [0.5, 0.6) is 5.75 Å². The van der Waals surface area contributed by atoms with E-state index in [0.29, 0.717) is 18.4 Å². The van der Waals surface area contributed by atoms with E-state index in [1.807, 2.05) is 10.9 Å². The van der Waals surface area contributed by atoms with Gasteiger partial charge in [-0.15, -0.1) is 0 Å². The van der Waals surface area contributed by atoms with Crippen molar-refractivity contribution in [1.82, 2.24) is 9.78 Å². The van der Waals surface area contributed by atoms with Crippen molar-refractivity contribution < 1.29 is 13.2 Å². The summed E-state index contributed by atoms with van der Waals surface area (Å²) in [6.07, 6.45) is 9.35. The fourth-order valence-electron chi connectivity index (χ4n) is 2.98. The molecule has 0 bridgehead atoms. The highest BCUT2D eigenvalue weighted by Crippen LogP contribution is 2.30. The first kappa shape index (κ1) is 13.0. The number of hydrogen-bond donors (Lipinski definition) is 0. The fourth-order valence-corrected chi connectivity index (χ4v) is 4.82. The van der Waals surface area contributed by atoms with Crippen molar-refractivity contribution in [3.05, 3.63) is 12.4 Å². The molecule has 1 aliphatic carbocycles. The number of hydrogen-bond acceptors (Lipinski definition) is 4. The third-order valence-electron chi connectivity index (χ3n) is 4.09. The highest BCUT2D eigenvalue weighted by molar-refractivity contribution is 7.91. The van der Waals surface area contributed by atoms with Crippen molar-refractivity contribution in [2.75, 3.05) is 18.1 Å². The number of rotatable bonds is 4. The van der Waals surface area contributed by atoms with Crippen molar-refractivity contribution in [2.24, 2.45) is 5.92 Å². The minimum absolute atomic E-state index is 0.139. The molecule has 0 spiro atoms. The van der Waals surface area contributed by atoms with Gasteiger partial charge in [0.05, 0.1) is 36.5 Å². The number of ether oxygens (including phenoxy) is 1. The maximum atomic E-state index is 11.4. The Kier molecular flexibility index (Phi) is 3.52. The lowest BCUT2D eigenvalue weighted by Gasteiger charge is -2.09. The number of nitrogens with zero attached hydrogens (tertiary/aromatic N) is 2. The van der Waals surface area contributed by atoms with Gasteiger partial charge in [0.15, 0.2) is 15.6 Å². The van der Waals surface area contributed by atoms with E-state index in [2.05, 4.69) is 5.10 Å². The van der Waals surface area contributed by atoms with Crippen LogP contribution >= 0.6 is 0 Å². The van der Waals surface area contributed by atoms with Crippen molar-refractivity contribution in [2.45, 2.75) is 38.1 Å². The highest BCUT2D eigenvalue weighted by Gasteiger charge is 2.28. The lowest BCUT2D eigenvalue weighted by Crippen LogP contribution is -2.13. The molecule has 106 valence electrons. The molecule has 2 aliphatic rings. The smallest absolute Gasteiger partial charge is 0.157 e. The van der Waals surface area contributed by atoms with Crippen LogP contribution in [0.3, 0.4) is 0 Å². The Labute approximate surface area is 113 Å². The van der Waals surface area contributed by atoms with E-state index >= 15 is 0 Å². The second kappa shape index (κ2) is 5.15. The molecule has 2 heterocycles. The molecule has 1 aromatic rings. The average Bonchev–Trinajstić information content (AvgIpc) is 3.04. The van der Waals surface area contributed by atoms with Gasteiger partial charge in [0.25, 0.3) is 0 Å². The molecule has 0 amide bonds. The highest BCUT2D eigenvalue weighted by atomic mass is 32.2. The summed E-state index contributed by atoms with van der Waals surface area (Å²) >= 11 is 0. The van der Waals surface area contributed by atoms with Crippen molar-refractivity contribution in [3.63, 3.8) is 0 Å². The summed E-state index contributed by atoms with van der Waals surface area (Å²) in [5.41, 5.74) is 0. The average molecular weight is 284 g/mol. The Morgan fingerprint density at radius 3 is 2.79 bits per heavy atom. The van der Waals surface area contributed by atoms with Gasteiger partial charge in [-0.1, -0.05) is 12.8 Å². The summed E-state index contributed by atoms with van der Waals surface area (Å²) in [5.74, 6) is 1.47. The molecule has 6 heteroatoms. The first-order valence-corrected chi connectivity index (χ1v) is 8.82. The molecule has 1 aromatic heterocycles. The van der Waals surface area contributed by atoms with Gasteiger partial charge < -0.3 is 4.74 Å². The van der Waals surface area contributed by atoms with Crippen LogP contribution in [0.2, 0.25) is 0 Å². The Bertz CT molecular complexity index is 532. The second-order valence-corrected chi connectivity index (χ2v) is 7.90. The van der Waals surface area contributed by atoms with E-state index in [-0.39, 0.29) is 11.7 Å². The third kappa shape index (κ3) is 3.11. The third-order valence-corrected chi connectivity index (χ3v) is 5.93. The standard InChI is InChI=1S/C13H20N2O3S/c16-19(17)6-5-11(10-19)9-18-13-7-14-15(8-13)12-3-1-2-4-12/h7-8,11-12H,1-6,9-10H2. The maximum Gasteiger partial charge on any atom is 0.157 e. The summed E-state index contributed by atoms with van der Waals surface area (Å²) in [6, 6.07) is 0.518. The van der Waals surface area contributed by atoms with Crippen LogP contribution in [0.1, 0.15) is 38.1 Å². The van der Waals surface area contributed by atoms with Crippen LogP contribution in [-0.4, -0.2) is 36.3 Å². The summed E-state index contributed by atoms with van der Waals surface area (Å²) in [4.78, 5) is 0. The van der Waals surface area contributed by atoms with Crippen LogP contribution in [0.25, 0.3) is 0 Å². The Balaban J connectivity index is 1.53. The van der Waals surface area contributed by atoms with Gasteiger partial charge in [-0.3, -0.25) is 4.68 Å². The monoisotopic (exact) mass is 284 g/mol. The molecule has 0 radical (unpaired) electrons. The molecule has 1 aliphatic heterocycles. The largest absolute Gasteiger partial charge is 0.490 e. The normalized spacial score (nSPS) is 26.8. The first-order chi connectivity index (χ1) is 9.12. The number of aromatic nitrogens is 2. The van der Waals surface area contributed by atoms with Crippen molar-refractivity contribution >= 4 is 9.84 Å². The second-order valence-electron chi connectivity index (χ2n) is 5.67. The zero-order chi connectivity index (χ0) is 13.3. The lowest BCUT2D eigenvalue weighted by atomic mass is 10.1. The molecule has 1 saturated heterocycles. The van der Waals surface area contributed by atoms with Gasteiger partial charge in [0.1, 0.15) is 0 Å². The van der Waals surface area contributed by atoms with E-state index in [9.17, 15) is 8.42 Å². The van der Waals surface area contributed by atoms with E-state index in [1.54, 1.807) is 6.20 Å². The van der Waals surface area contributed by atoms with E-state index in [1.165, 1.54) is 25.7 Å². The minimum Gasteiger partial charge on any atom is -0.490 e. The predicted molar refractivity (Wildman–Crippen MR) is 72.0 cm³/mol. The first-order valence-electron chi connectivity index (χ1n) is 7.00. The van der Waals surface area contributed by atoms with Gasteiger partial charge in [0.2, 0.25) is 0 Å². The van der Waals surface area contributed by atoms with Crippen LogP contribution in [-0.2, 0) is 9.84 Å². The van der Waals surface area contributed by atoms with E-state index in [4.69, 9.17) is 4.74 Å². The molecule has 2 fully saturated rings. The molecular weight excluding hydrogens is 264 g/mol. The maximum absolute atomic E-state index is 11.4. The molecule has 0 N–H and O–H groups in total. The van der Waals surface area contributed by atoms with Gasteiger partial charge >= 0.3 is 0 Å². The Morgan fingerprint density at radius 2 is 2.11 bits per heavy atom. The van der Waals surface area contributed by atoms with Crippen LogP contribution in [0, 0.1) is 5.92 Å². The molecule has 19 heavy (non-hydrogen) atoms. The molecule has 1 atom stereocenters. The molecule has 3 rings (SSSR count). The summed E-state index contributed by atoms with van der Waals surface area (Å²) in [7, 11) is -2.81. The quantitative estimate of drug-likeness (QED) is 0.846. The van der Waals surface area contributed by atoms with Crippen molar-refractivity contribution in [1.29, 1.82) is 0 Å². The lowest BCUT2D eigenvalue weighted by molar-refractivity contribution is 0.262. The SMILES string of the molecule is O=S1(=O)CCC(COc2cnn(C3CCCC3)c2)C1. The Hall–Kier alpha value is -1.04. The fraction of sp³-hybridized carbons (Fsp3) is 0.769. The van der Waals surface area contributed by atoms with Gasteiger partial charge in [-0.05, 0) is 19.3 Å². The minimum atomic E-state index is -2.81. The van der Waals surface area contributed by atoms with Crippen LogP contribution in [0.15, 0.2) is 12.4 Å². The molecule has 5 nitrogen and oxygen atoms in total. The van der Waals surface area contributed by atoms with Gasteiger partial charge in [0, 0.05) is 5.92 Å². The molecule has 1 saturated carbocycles. The van der Waals surface area contributed by atoms with Gasteiger partial charge in [-0.25, -0.2) is 8.42 Å². The van der Waals surface area contributed by atoms with Crippen molar-refractivity contribution in [3.8, 4) is 5.75 Å².